The third-order valence-corrected chi connectivity index (χ3v) is 5.03. The molecular formula is C15H22N2O2S. The monoisotopic (exact) mass is 294 g/mol. The van der Waals surface area contributed by atoms with Gasteiger partial charge in [-0.15, -0.1) is 11.8 Å². The van der Waals surface area contributed by atoms with Gasteiger partial charge < -0.3 is 15.8 Å². The van der Waals surface area contributed by atoms with E-state index in [1.807, 2.05) is 6.92 Å². The summed E-state index contributed by atoms with van der Waals surface area (Å²) >= 11 is 1.77. The Kier molecular flexibility index (Phi) is 5.17. The van der Waals surface area contributed by atoms with Gasteiger partial charge in [-0.05, 0) is 38.0 Å². The van der Waals surface area contributed by atoms with E-state index < -0.39 is 0 Å². The molecule has 1 aliphatic rings. The summed E-state index contributed by atoms with van der Waals surface area (Å²) in [5.74, 6) is 0.636. The first kappa shape index (κ1) is 15.0. The number of amides is 1. The van der Waals surface area contributed by atoms with Crippen LogP contribution in [0.3, 0.4) is 0 Å². The molecule has 5 heteroatoms. The highest BCUT2D eigenvalue weighted by atomic mass is 32.2. The van der Waals surface area contributed by atoms with Crippen molar-refractivity contribution in [3.05, 3.63) is 18.2 Å². The average Bonchev–Trinajstić information content (AvgIpc) is 2.91. The highest BCUT2D eigenvalue weighted by Gasteiger charge is 2.23. The van der Waals surface area contributed by atoms with Crippen LogP contribution in [0.25, 0.3) is 0 Å². The van der Waals surface area contributed by atoms with Crippen molar-refractivity contribution in [1.29, 1.82) is 0 Å². The van der Waals surface area contributed by atoms with Crippen molar-refractivity contribution >= 4 is 29.0 Å². The lowest BCUT2D eigenvalue weighted by Gasteiger charge is -2.17. The molecule has 1 aromatic carbocycles. The lowest BCUT2D eigenvalue weighted by molar-refractivity contribution is -0.115. The van der Waals surface area contributed by atoms with Gasteiger partial charge in [0, 0.05) is 10.9 Å². The molecule has 20 heavy (non-hydrogen) atoms. The second-order valence-corrected chi connectivity index (χ2v) is 6.78. The van der Waals surface area contributed by atoms with Gasteiger partial charge in [0.05, 0.1) is 18.0 Å². The molecule has 1 saturated carbocycles. The molecule has 0 radical (unpaired) electrons. The minimum absolute atomic E-state index is 0.00537. The van der Waals surface area contributed by atoms with E-state index in [2.05, 4.69) is 5.32 Å². The number of thioether (sulfide) groups is 1. The number of hydrogen-bond acceptors (Lipinski definition) is 4. The SMILES string of the molecule is COc1ccc(N)cc1NC(=O)C(C)SC1CCCC1. The number of methoxy groups -OCH3 is 1. The molecule has 1 aromatic rings. The number of carbonyl (C=O) groups is 1. The summed E-state index contributed by atoms with van der Waals surface area (Å²) in [5.41, 5.74) is 7.00. The Morgan fingerprint density at radius 3 is 2.80 bits per heavy atom. The van der Waals surface area contributed by atoms with Gasteiger partial charge in [0.25, 0.3) is 0 Å². The van der Waals surface area contributed by atoms with Crippen LogP contribution in [0.15, 0.2) is 18.2 Å². The summed E-state index contributed by atoms with van der Waals surface area (Å²) in [6.45, 7) is 1.96. The molecule has 3 N–H and O–H groups in total. The highest BCUT2D eigenvalue weighted by Crippen LogP contribution is 2.33. The molecule has 110 valence electrons. The third kappa shape index (κ3) is 3.82. The van der Waals surface area contributed by atoms with Crippen LogP contribution >= 0.6 is 11.8 Å². The van der Waals surface area contributed by atoms with Crippen LogP contribution < -0.4 is 15.8 Å². The maximum absolute atomic E-state index is 12.3. The van der Waals surface area contributed by atoms with Gasteiger partial charge in [-0.3, -0.25) is 4.79 Å². The van der Waals surface area contributed by atoms with Crippen LogP contribution in [-0.2, 0) is 4.79 Å². The van der Waals surface area contributed by atoms with Crippen LogP contribution in [-0.4, -0.2) is 23.5 Å². The number of hydrogen-bond donors (Lipinski definition) is 2. The van der Waals surface area contributed by atoms with E-state index >= 15 is 0 Å². The van der Waals surface area contributed by atoms with Crippen molar-refractivity contribution in [2.75, 3.05) is 18.2 Å². The zero-order valence-corrected chi connectivity index (χ0v) is 12.8. The number of nitrogens with two attached hydrogens (primary N) is 1. The topological polar surface area (TPSA) is 64.3 Å². The predicted molar refractivity (Wildman–Crippen MR) is 85.3 cm³/mol. The fraction of sp³-hybridized carbons (Fsp3) is 0.533. The Morgan fingerprint density at radius 2 is 2.15 bits per heavy atom. The molecule has 0 heterocycles. The molecule has 1 unspecified atom stereocenters. The Morgan fingerprint density at radius 1 is 1.45 bits per heavy atom. The van der Waals surface area contributed by atoms with Crippen molar-refractivity contribution < 1.29 is 9.53 Å². The zero-order chi connectivity index (χ0) is 14.5. The lowest BCUT2D eigenvalue weighted by atomic mass is 10.2. The van der Waals surface area contributed by atoms with Gasteiger partial charge in [0.2, 0.25) is 5.91 Å². The molecule has 0 saturated heterocycles. The molecule has 0 bridgehead atoms. The molecule has 4 nitrogen and oxygen atoms in total. The Hall–Kier alpha value is -1.36. The second kappa shape index (κ2) is 6.88. The number of nitrogen functional groups attached to an aromatic ring is 1. The highest BCUT2D eigenvalue weighted by molar-refractivity contribution is 8.01. The van der Waals surface area contributed by atoms with Crippen molar-refractivity contribution in [2.24, 2.45) is 0 Å². The molecule has 1 fully saturated rings. The van der Waals surface area contributed by atoms with Crippen LogP contribution in [0, 0.1) is 0 Å². The van der Waals surface area contributed by atoms with E-state index in [1.165, 1.54) is 25.7 Å². The van der Waals surface area contributed by atoms with Gasteiger partial charge in [0.15, 0.2) is 0 Å². The molecule has 1 amide bonds. The zero-order valence-electron chi connectivity index (χ0n) is 12.0. The molecule has 0 aliphatic heterocycles. The van der Waals surface area contributed by atoms with Crippen LogP contribution in [0.5, 0.6) is 5.75 Å². The fourth-order valence-corrected chi connectivity index (χ4v) is 3.80. The Bertz CT molecular complexity index is 473. The molecule has 2 rings (SSSR count). The minimum Gasteiger partial charge on any atom is -0.495 e. The van der Waals surface area contributed by atoms with Crippen LogP contribution in [0.2, 0.25) is 0 Å². The first-order valence-corrected chi connectivity index (χ1v) is 7.94. The number of benzene rings is 1. The van der Waals surface area contributed by atoms with Crippen molar-refractivity contribution in [2.45, 2.75) is 43.1 Å². The van der Waals surface area contributed by atoms with E-state index in [-0.39, 0.29) is 11.2 Å². The van der Waals surface area contributed by atoms with Gasteiger partial charge in [0.1, 0.15) is 5.75 Å². The number of ether oxygens (including phenoxy) is 1. The molecule has 1 atom stereocenters. The molecule has 1 aliphatic carbocycles. The fourth-order valence-electron chi connectivity index (χ4n) is 2.43. The van der Waals surface area contributed by atoms with Gasteiger partial charge >= 0.3 is 0 Å². The Balaban J connectivity index is 1.97. The maximum Gasteiger partial charge on any atom is 0.237 e. The van der Waals surface area contributed by atoms with Crippen LogP contribution in [0.1, 0.15) is 32.6 Å². The lowest BCUT2D eigenvalue weighted by Crippen LogP contribution is -2.24. The third-order valence-electron chi connectivity index (χ3n) is 3.55. The summed E-state index contributed by atoms with van der Waals surface area (Å²) in [6.07, 6.45) is 5.03. The Labute approximate surface area is 124 Å². The maximum atomic E-state index is 12.3. The summed E-state index contributed by atoms with van der Waals surface area (Å²) < 4.78 is 5.24. The van der Waals surface area contributed by atoms with E-state index in [0.29, 0.717) is 22.4 Å². The smallest absolute Gasteiger partial charge is 0.237 e. The van der Waals surface area contributed by atoms with E-state index in [1.54, 1.807) is 37.1 Å². The van der Waals surface area contributed by atoms with E-state index in [4.69, 9.17) is 10.5 Å². The summed E-state index contributed by atoms with van der Waals surface area (Å²) in [7, 11) is 1.58. The van der Waals surface area contributed by atoms with E-state index in [0.717, 1.165) is 0 Å². The van der Waals surface area contributed by atoms with Gasteiger partial charge in [-0.2, -0.15) is 0 Å². The normalized spacial score (nSPS) is 16.9. The van der Waals surface area contributed by atoms with Crippen molar-refractivity contribution in [3.8, 4) is 5.75 Å². The van der Waals surface area contributed by atoms with Crippen LogP contribution in [0.4, 0.5) is 11.4 Å². The largest absolute Gasteiger partial charge is 0.495 e. The molecular weight excluding hydrogens is 272 g/mol. The predicted octanol–water partition coefficient (Wildman–Crippen LogP) is 3.28. The average molecular weight is 294 g/mol. The first-order chi connectivity index (χ1) is 9.60. The quantitative estimate of drug-likeness (QED) is 0.818. The van der Waals surface area contributed by atoms with Gasteiger partial charge in [-0.1, -0.05) is 12.8 Å². The van der Waals surface area contributed by atoms with Crippen molar-refractivity contribution in [1.82, 2.24) is 0 Å². The van der Waals surface area contributed by atoms with Crippen molar-refractivity contribution in [3.63, 3.8) is 0 Å². The first-order valence-electron chi connectivity index (χ1n) is 7.00. The summed E-state index contributed by atoms with van der Waals surface area (Å²) in [4.78, 5) is 12.3. The standard InChI is InChI=1S/C15H22N2O2S/c1-10(20-12-5-3-4-6-12)15(18)17-13-9-11(16)7-8-14(13)19-2/h7-10,12H,3-6,16H2,1-2H3,(H,17,18). The number of nitrogens with one attached hydrogen (secondary N) is 1. The van der Waals surface area contributed by atoms with E-state index in [9.17, 15) is 4.79 Å². The number of anilines is 2. The second-order valence-electron chi connectivity index (χ2n) is 5.13. The van der Waals surface area contributed by atoms with Gasteiger partial charge in [-0.25, -0.2) is 0 Å². The summed E-state index contributed by atoms with van der Waals surface area (Å²) in [5, 5.41) is 3.47. The molecule has 0 spiro atoms. The molecule has 0 aromatic heterocycles. The minimum atomic E-state index is -0.0655. The number of rotatable bonds is 5. The number of carbonyl (C=O) groups excluding carboxylic acids is 1. The summed E-state index contributed by atoms with van der Waals surface area (Å²) in [6, 6.07) is 5.24.